The highest BCUT2D eigenvalue weighted by Gasteiger charge is 2.37. The van der Waals surface area contributed by atoms with Crippen LogP contribution >= 0.6 is 0 Å². The molecule has 1 unspecified atom stereocenters. The molecule has 2 N–H and O–H groups in total. The zero-order valence-electron chi connectivity index (χ0n) is 10.1. The van der Waals surface area contributed by atoms with Gasteiger partial charge in [-0.1, -0.05) is 44.0 Å². The Morgan fingerprint density at radius 2 is 1.94 bits per heavy atom. The number of sulfone groups is 1. The van der Waals surface area contributed by atoms with Crippen molar-refractivity contribution in [2.75, 3.05) is 0 Å². The Bertz CT molecular complexity index is 467. The van der Waals surface area contributed by atoms with E-state index in [-0.39, 0.29) is 4.90 Å². The Hall–Kier alpha value is -1.13. The van der Waals surface area contributed by atoms with Gasteiger partial charge in [-0.25, -0.2) is 8.42 Å². The molecule has 4 heteroatoms. The Morgan fingerprint density at radius 3 is 2.41 bits per heavy atom. The van der Waals surface area contributed by atoms with E-state index in [1.165, 1.54) is 6.08 Å². The van der Waals surface area contributed by atoms with E-state index >= 15 is 0 Å². The van der Waals surface area contributed by atoms with Gasteiger partial charge in [-0.05, 0) is 18.6 Å². The van der Waals surface area contributed by atoms with Crippen molar-refractivity contribution in [3.63, 3.8) is 0 Å². The molecule has 1 rings (SSSR count). The number of nitrogens with two attached hydrogens (primary N) is 1. The van der Waals surface area contributed by atoms with Crippen molar-refractivity contribution in [2.45, 2.75) is 36.0 Å². The largest absolute Gasteiger partial charge is 0.309 e. The van der Waals surface area contributed by atoms with Crippen molar-refractivity contribution in [2.24, 2.45) is 5.73 Å². The van der Waals surface area contributed by atoms with Crippen molar-refractivity contribution in [1.82, 2.24) is 0 Å². The third-order valence-corrected chi connectivity index (χ3v) is 5.08. The molecule has 1 aromatic carbocycles. The van der Waals surface area contributed by atoms with Crippen LogP contribution < -0.4 is 5.73 Å². The monoisotopic (exact) mass is 253 g/mol. The fourth-order valence-corrected chi connectivity index (χ4v) is 3.21. The normalized spacial score (nSPS) is 15.2. The summed E-state index contributed by atoms with van der Waals surface area (Å²) in [7, 11) is -3.56. The van der Waals surface area contributed by atoms with Crippen LogP contribution in [0.1, 0.15) is 26.2 Å². The van der Waals surface area contributed by atoms with Gasteiger partial charge < -0.3 is 5.73 Å². The van der Waals surface area contributed by atoms with Crippen LogP contribution in [0.25, 0.3) is 0 Å². The Morgan fingerprint density at radius 1 is 1.35 bits per heavy atom. The van der Waals surface area contributed by atoms with Gasteiger partial charge in [-0.15, -0.1) is 6.58 Å². The maximum Gasteiger partial charge on any atom is 0.200 e. The summed E-state index contributed by atoms with van der Waals surface area (Å²) in [6.45, 7) is 5.57. The van der Waals surface area contributed by atoms with Gasteiger partial charge in [-0.3, -0.25) is 0 Å². The Kier molecular flexibility index (Phi) is 4.48. The lowest BCUT2D eigenvalue weighted by Gasteiger charge is -2.25. The van der Waals surface area contributed by atoms with Crippen LogP contribution in [0.3, 0.4) is 0 Å². The number of unbranched alkanes of at least 4 members (excludes halogenated alkanes) is 1. The summed E-state index contributed by atoms with van der Waals surface area (Å²) in [6, 6.07) is 8.28. The highest BCUT2D eigenvalue weighted by molar-refractivity contribution is 7.93. The fourth-order valence-electron chi connectivity index (χ4n) is 1.62. The molecule has 17 heavy (non-hydrogen) atoms. The molecule has 0 spiro atoms. The number of benzene rings is 1. The van der Waals surface area contributed by atoms with Gasteiger partial charge in [0.1, 0.15) is 4.87 Å². The highest BCUT2D eigenvalue weighted by Crippen LogP contribution is 2.27. The SMILES string of the molecule is C=CC(N)(CCCC)S(=O)(=O)c1ccccc1. The van der Waals surface area contributed by atoms with Crippen molar-refractivity contribution in [3.05, 3.63) is 43.0 Å². The third-order valence-electron chi connectivity index (χ3n) is 2.82. The van der Waals surface area contributed by atoms with E-state index in [2.05, 4.69) is 6.58 Å². The first-order chi connectivity index (χ1) is 7.98. The minimum Gasteiger partial charge on any atom is -0.309 e. The second-order valence-corrected chi connectivity index (χ2v) is 6.32. The predicted octanol–water partition coefficient (Wildman–Crippen LogP) is 2.49. The van der Waals surface area contributed by atoms with E-state index in [1.807, 2.05) is 6.92 Å². The number of rotatable bonds is 6. The summed E-state index contributed by atoms with van der Waals surface area (Å²) in [6.07, 6.45) is 3.39. The molecule has 0 saturated heterocycles. The summed E-state index contributed by atoms with van der Waals surface area (Å²) >= 11 is 0. The van der Waals surface area contributed by atoms with Crippen molar-refractivity contribution >= 4 is 9.84 Å². The van der Waals surface area contributed by atoms with Crippen LogP contribution in [0.5, 0.6) is 0 Å². The average Bonchev–Trinajstić information content (AvgIpc) is 2.36. The summed E-state index contributed by atoms with van der Waals surface area (Å²) < 4.78 is 24.8. The summed E-state index contributed by atoms with van der Waals surface area (Å²) in [5.41, 5.74) is 5.99. The van der Waals surface area contributed by atoms with Crippen LogP contribution in [-0.4, -0.2) is 13.3 Å². The van der Waals surface area contributed by atoms with Crippen LogP contribution in [0.15, 0.2) is 47.9 Å². The molecular formula is C13H19NO2S. The minimum absolute atomic E-state index is 0.249. The lowest BCUT2D eigenvalue weighted by Crippen LogP contribution is -2.45. The van der Waals surface area contributed by atoms with E-state index < -0.39 is 14.7 Å². The van der Waals surface area contributed by atoms with E-state index in [1.54, 1.807) is 30.3 Å². The summed E-state index contributed by atoms with van der Waals surface area (Å²) in [4.78, 5) is -1.12. The number of hydrogen-bond donors (Lipinski definition) is 1. The van der Waals surface area contributed by atoms with Crippen LogP contribution in [-0.2, 0) is 9.84 Å². The molecule has 0 saturated carbocycles. The molecule has 0 fully saturated rings. The average molecular weight is 253 g/mol. The van der Waals surface area contributed by atoms with Gasteiger partial charge in [0.25, 0.3) is 0 Å². The van der Waals surface area contributed by atoms with Crippen molar-refractivity contribution in [3.8, 4) is 0 Å². The lowest BCUT2D eigenvalue weighted by atomic mass is 10.1. The van der Waals surface area contributed by atoms with Crippen LogP contribution in [0.2, 0.25) is 0 Å². The zero-order valence-corrected chi connectivity index (χ0v) is 10.9. The molecule has 0 amide bonds. The summed E-state index contributed by atoms with van der Waals surface area (Å²) in [5, 5.41) is 0. The fraction of sp³-hybridized carbons (Fsp3) is 0.385. The van der Waals surface area contributed by atoms with Gasteiger partial charge in [0.2, 0.25) is 9.84 Å². The summed E-state index contributed by atoms with van der Waals surface area (Å²) in [5.74, 6) is 0. The Balaban J connectivity index is 3.15. The van der Waals surface area contributed by atoms with E-state index in [0.717, 1.165) is 12.8 Å². The van der Waals surface area contributed by atoms with E-state index in [9.17, 15) is 8.42 Å². The molecule has 0 aliphatic heterocycles. The van der Waals surface area contributed by atoms with E-state index in [4.69, 9.17) is 5.73 Å². The molecule has 0 bridgehead atoms. The molecule has 1 aromatic rings. The highest BCUT2D eigenvalue weighted by atomic mass is 32.2. The minimum atomic E-state index is -3.56. The van der Waals surface area contributed by atoms with Crippen molar-refractivity contribution in [1.29, 1.82) is 0 Å². The first-order valence-electron chi connectivity index (χ1n) is 5.70. The first-order valence-corrected chi connectivity index (χ1v) is 7.18. The van der Waals surface area contributed by atoms with Gasteiger partial charge >= 0.3 is 0 Å². The molecule has 0 radical (unpaired) electrons. The van der Waals surface area contributed by atoms with Gasteiger partial charge in [0, 0.05) is 0 Å². The molecule has 0 heterocycles. The molecule has 94 valence electrons. The topological polar surface area (TPSA) is 60.2 Å². The van der Waals surface area contributed by atoms with Gasteiger partial charge in [-0.2, -0.15) is 0 Å². The first kappa shape index (κ1) is 13.9. The zero-order chi connectivity index (χ0) is 12.9. The molecule has 0 aliphatic carbocycles. The molecule has 0 aromatic heterocycles. The quantitative estimate of drug-likeness (QED) is 0.792. The maximum atomic E-state index is 12.4. The molecule has 0 aliphatic rings. The molecule has 1 atom stereocenters. The second kappa shape index (κ2) is 5.47. The van der Waals surface area contributed by atoms with Crippen molar-refractivity contribution < 1.29 is 8.42 Å². The Labute approximate surface area is 103 Å². The predicted molar refractivity (Wildman–Crippen MR) is 70.3 cm³/mol. The molecule has 3 nitrogen and oxygen atoms in total. The second-order valence-electron chi connectivity index (χ2n) is 4.08. The third kappa shape index (κ3) is 2.76. The van der Waals surface area contributed by atoms with Crippen LogP contribution in [0.4, 0.5) is 0 Å². The molecular weight excluding hydrogens is 234 g/mol. The van der Waals surface area contributed by atoms with Gasteiger partial charge in [0.15, 0.2) is 0 Å². The maximum absolute atomic E-state index is 12.4. The van der Waals surface area contributed by atoms with Gasteiger partial charge in [0.05, 0.1) is 4.90 Å². The lowest BCUT2D eigenvalue weighted by molar-refractivity contribution is 0.527. The standard InChI is InChI=1S/C13H19NO2S/c1-3-5-11-13(14,4-2)17(15,16)12-9-7-6-8-10-12/h4,6-10H,2-3,5,11,14H2,1H3. The van der Waals surface area contributed by atoms with Crippen LogP contribution in [0, 0.1) is 0 Å². The van der Waals surface area contributed by atoms with E-state index in [0.29, 0.717) is 6.42 Å². The smallest absolute Gasteiger partial charge is 0.200 e. The number of hydrogen-bond acceptors (Lipinski definition) is 3.